The average Bonchev–Trinajstić information content (AvgIpc) is 1.70. The molecule has 108 valence electrons. The Balaban J connectivity index is -0.00000000429. The lowest BCUT2D eigenvalue weighted by Crippen LogP contribution is -1.87. The van der Waals surface area contributed by atoms with Crippen molar-refractivity contribution >= 4 is 58.8 Å². The molecule has 15 heavy (non-hydrogen) atoms. The highest BCUT2D eigenvalue weighted by molar-refractivity contribution is 8.93. The highest BCUT2D eigenvalue weighted by Crippen LogP contribution is 1.20. The van der Waals surface area contributed by atoms with Crippen molar-refractivity contribution in [2.45, 2.75) is 20.8 Å². The molecule has 0 bridgehead atoms. The topological polar surface area (TPSA) is 148 Å². The van der Waals surface area contributed by atoms with Crippen LogP contribution in [-0.2, 0) is 0 Å². The van der Waals surface area contributed by atoms with Crippen LogP contribution in [0.1, 0.15) is 20.8 Å². The highest BCUT2D eigenvalue weighted by atomic mass is 79.9. The summed E-state index contributed by atoms with van der Waals surface area (Å²) in [6.45, 7) is 7.96. The van der Waals surface area contributed by atoms with Crippen molar-refractivity contribution in [2.75, 3.05) is 19.6 Å². The number of halogens is 4. The van der Waals surface area contributed by atoms with Crippen LogP contribution in [0.4, 0.5) is 0 Å². The van der Waals surface area contributed by atoms with Gasteiger partial charge in [-0.2, -0.15) is 0 Å². The Morgan fingerprint density at radius 1 is 0.600 bits per heavy atom. The van der Waals surface area contributed by atoms with E-state index in [-0.39, 0.29) is 71.1 Å². The van der Waals surface area contributed by atoms with E-state index in [1.54, 1.807) is 0 Å². The number of hydrogen-bond acceptors (Lipinski definition) is 5. The van der Waals surface area contributed by atoms with Gasteiger partial charge in [-0.3, -0.25) is 0 Å². The molecule has 9 heteroatoms. The van der Waals surface area contributed by atoms with Gasteiger partial charge in [0.15, 0.2) is 0 Å². The third kappa shape index (κ3) is 1520. The van der Waals surface area contributed by atoms with Gasteiger partial charge in [0.2, 0.25) is 0 Å². The quantitative estimate of drug-likeness (QED) is 0.420. The lowest BCUT2D eigenvalue weighted by Gasteiger charge is -1.53. The molecule has 5 nitrogen and oxygen atoms in total. The van der Waals surface area contributed by atoms with Gasteiger partial charge in [0.05, 0.1) is 0 Å². The van der Waals surface area contributed by atoms with Crippen LogP contribution in [0.15, 0.2) is 0 Å². The van der Waals surface area contributed by atoms with Gasteiger partial charge in [0.1, 0.15) is 0 Å². The first-order valence-corrected chi connectivity index (χ1v) is 3.35. The van der Waals surface area contributed by atoms with Gasteiger partial charge in [-0.25, -0.2) is 0 Å². The molecule has 0 heterocycles. The van der Waals surface area contributed by atoms with E-state index >= 15 is 0 Å². The normalized spacial score (nSPS) is 3.60. The predicted molar refractivity (Wildman–Crippen MR) is 89.4 cm³/mol. The zero-order valence-electron chi connectivity index (χ0n) is 9.90. The SMILES string of the molecule is Br.Br.CCN.CCN.CCN.Cl.Cl.N.N. The molecule has 0 aliphatic rings. The van der Waals surface area contributed by atoms with Crippen molar-refractivity contribution in [3.05, 3.63) is 0 Å². The van der Waals surface area contributed by atoms with Crippen molar-refractivity contribution in [3.8, 4) is 0 Å². The minimum absolute atomic E-state index is 0. The van der Waals surface area contributed by atoms with E-state index < -0.39 is 0 Å². The monoisotopic (exact) mass is 401 g/mol. The molecule has 0 aromatic carbocycles. The molecular weight excluding hydrogens is 373 g/mol. The minimum atomic E-state index is 0. The van der Waals surface area contributed by atoms with E-state index in [1.807, 2.05) is 20.8 Å². The van der Waals surface area contributed by atoms with Crippen molar-refractivity contribution in [1.82, 2.24) is 12.3 Å². The lowest BCUT2D eigenvalue weighted by molar-refractivity contribution is 1.14. The molecule has 0 radical (unpaired) electrons. The Hall–Kier alpha value is 1.34. The van der Waals surface area contributed by atoms with Gasteiger partial charge >= 0.3 is 0 Å². The van der Waals surface area contributed by atoms with E-state index in [4.69, 9.17) is 17.2 Å². The average molecular weight is 404 g/mol. The molecule has 0 aromatic rings. The maximum atomic E-state index is 4.85. The van der Waals surface area contributed by atoms with E-state index in [0.717, 1.165) is 19.6 Å². The predicted octanol–water partition coefficient (Wildman–Crippen LogP) is 2.22. The minimum Gasteiger partial charge on any atom is -0.344 e. The number of nitrogens with two attached hydrogens (primary N) is 3. The summed E-state index contributed by atoms with van der Waals surface area (Å²) in [7, 11) is 0. The van der Waals surface area contributed by atoms with Gasteiger partial charge in [0, 0.05) is 0 Å². The van der Waals surface area contributed by atoms with Gasteiger partial charge in [-0.15, -0.1) is 58.8 Å². The second kappa shape index (κ2) is 167. The van der Waals surface area contributed by atoms with E-state index in [2.05, 4.69) is 0 Å². The molecule has 12 N–H and O–H groups in total. The molecule has 0 spiro atoms. The van der Waals surface area contributed by atoms with Crippen LogP contribution < -0.4 is 29.5 Å². The number of rotatable bonds is 0. The Morgan fingerprint density at radius 3 is 0.600 bits per heavy atom. The molecule has 0 saturated carbocycles. The van der Waals surface area contributed by atoms with Crippen LogP contribution in [0.25, 0.3) is 0 Å². The molecule has 0 unspecified atom stereocenters. The van der Waals surface area contributed by atoms with Gasteiger partial charge < -0.3 is 29.5 Å². The van der Waals surface area contributed by atoms with Crippen LogP contribution in [-0.4, -0.2) is 19.6 Å². The fourth-order valence-electron chi connectivity index (χ4n) is 0. The first kappa shape index (κ1) is 71.4. The molecular formula is C6H31Br2Cl2N5. The maximum absolute atomic E-state index is 4.85. The highest BCUT2D eigenvalue weighted by Gasteiger charge is 1.33. The molecule has 0 fully saturated rings. The third-order valence-electron chi connectivity index (χ3n) is 0. The second-order valence-corrected chi connectivity index (χ2v) is 1.22. The smallest absolute Gasteiger partial charge is 0.0106 e. The van der Waals surface area contributed by atoms with Gasteiger partial charge in [-0.1, -0.05) is 20.8 Å². The molecule has 0 aliphatic carbocycles. The standard InChI is InChI=1S/3C2H7N.2BrH.2ClH.2H3N/c3*1-2-3;;;;;;/h3*2-3H2,1H3;4*1H;2*1H3. The van der Waals surface area contributed by atoms with Gasteiger partial charge in [0.25, 0.3) is 0 Å². The Bertz CT molecular complexity index is 32.2. The zero-order valence-corrected chi connectivity index (χ0v) is 15.0. The van der Waals surface area contributed by atoms with Crippen LogP contribution >= 0.6 is 58.8 Å². The maximum Gasteiger partial charge on any atom is -0.0106 e. The summed E-state index contributed by atoms with van der Waals surface area (Å²) in [5.41, 5.74) is 14.5. The molecule has 0 aliphatic heterocycles. The van der Waals surface area contributed by atoms with E-state index in [9.17, 15) is 0 Å². The van der Waals surface area contributed by atoms with Gasteiger partial charge in [-0.05, 0) is 19.6 Å². The molecule has 0 saturated heterocycles. The van der Waals surface area contributed by atoms with Crippen LogP contribution in [0, 0.1) is 0 Å². The molecule has 0 atom stereocenters. The first-order valence-electron chi connectivity index (χ1n) is 3.35. The van der Waals surface area contributed by atoms with Crippen molar-refractivity contribution in [3.63, 3.8) is 0 Å². The summed E-state index contributed by atoms with van der Waals surface area (Å²) in [5.74, 6) is 0. The molecule has 0 amide bonds. The van der Waals surface area contributed by atoms with Crippen LogP contribution in [0.3, 0.4) is 0 Å². The fourth-order valence-corrected chi connectivity index (χ4v) is 0. The summed E-state index contributed by atoms with van der Waals surface area (Å²) in [6.07, 6.45) is 0. The van der Waals surface area contributed by atoms with Crippen molar-refractivity contribution in [2.24, 2.45) is 17.2 Å². The summed E-state index contributed by atoms with van der Waals surface area (Å²) >= 11 is 0. The summed E-state index contributed by atoms with van der Waals surface area (Å²) < 4.78 is 0. The molecule has 0 rings (SSSR count). The second-order valence-electron chi connectivity index (χ2n) is 1.22. The zero-order chi connectivity index (χ0) is 8.12. The summed E-state index contributed by atoms with van der Waals surface area (Å²) in [5, 5.41) is 0. The van der Waals surface area contributed by atoms with E-state index in [1.165, 1.54) is 0 Å². The Morgan fingerprint density at radius 2 is 0.600 bits per heavy atom. The van der Waals surface area contributed by atoms with Crippen LogP contribution in [0.5, 0.6) is 0 Å². The fraction of sp³-hybridized carbons (Fsp3) is 1.00. The first-order chi connectivity index (χ1) is 4.24. The number of hydrogen-bond donors (Lipinski definition) is 5. The van der Waals surface area contributed by atoms with Crippen LogP contribution in [0.2, 0.25) is 0 Å². The van der Waals surface area contributed by atoms with E-state index in [0.29, 0.717) is 0 Å². The summed E-state index contributed by atoms with van der Waals surface area (Å²) in [4.78, 5) is 0. The molecule has 0 aromatic heterocycles. The van der Waals surface area contributed by atoms with Crippen molar-refractivity contribution < 1.29 is 0 Å². The summed E-state index contributed by atoms with van der Waals surface area (Å²) in [6, 6.07) is 0. The Kier molecular flexibility index (Phi) is 797. The Labute approximate surface area is 128 Å². The van der Waals surface area contributed by atoms with Crippen molar-refractivity contribution in [1.29, 1.82) is 0 Å². The largest absolute Gasteiger partial charge is 0.344 e. The third-order valence-corrected chi connectivity index (χ3v) is 0. The lowest BCUT2D eigenvalue weighted by atomic mass is 10.8.